The minimum absolute atomic E-state index is 0.0919. The highest BCUT2D eigenvalue weighted by atomic mass is 19.1. The lowest BCUT2D eigenvalue weighted by atomic mass is 10.1. The van der Waals surface area contributed by atoms with Gasteiger partial charge < -0.3 is 9.73 Å². The van der Waals surface area contributed by atoms with Gasteiger partial charge in [0.05, 0.1) is 6.04 Å². The van der Waals surface area contributed by atoms with Gasteiger partial charge in [0.25, 0.3) is 0 Å². The zero-order valence-electron chi connectivity index (χ0n) is 11.5. The average molecular weight is 265 g/mol. The zero-order chi connectivity index (χ0) is 14.2. The molecule has 1 N–H and O–H groups in total. The number of rotatable bonds is 3. The lowest BCUT2D eigenvalue weighted by molar-refractivity contribution is 0.499. The van der Waals surface area contributed by atoms with Crippen LogP contribution in [0.3, 0.4) is 0 Å². The Kier molecular flexibility index (Phi) is 3.60. The zero-order valence-corrected chi connectivity index (χ0v) is 11.5. The molecule has 0 aliphatic heterocycles. The summed E-state index contributed by atoms with van der Waals surface area (Å²) in [4.78, 5) is 0. The molecule has 1 aromatic carbocycles. The highest BCUT2D eigenvalue weighted by Gasteiger charge is 2.17. The fraction of sp³-hybridized carbons (Fsp3) is 0.333. The fourth-order valence-electron chi connectivity index (χ4n) is 2.16. The maximum atomic E-state index is 13.9. The van der Waals surface area contributed by atoms with Crippen molar-refractivity contribution in [3.63, 3.8) is 0 Å². The molecule has 2 nitrogen and oxygen atoms in total. The quantitative estimate of drug-likeness (QED) is 0.873. The average Bonchev–Trinajstić information content (AvgIpc) is 2.69. The molecule has 0 aliphatic carbocycles. The van der Waals surface area contributed by atoms with Gasteiger partial charge in [-0.3, -0.25) is 0 Å². The van der Waals surface area contributed by atoms with E-state index < -0.39 is 11.6 Å². The van der Waals surface area contributed by atoms with Crippen LogP contribution in [-0.2, 0) is 0 Å². The van der Waals surface area contributed by atoms with E-state index in [1.807, 2.05) is 26.8 Å². The van der Waals surface area contributed by atoms with E-state index in [0.29, 0.717) is 5.56 Å². The topological polar surface area (TPSA) is 25.2 Å². The van der Waals surface area contributed by atoms with Gasteiger partial charge in [0, 0.05) is 5.56 Å². The van der Waals surface area contributed by atoms with Gasteiger partial charge in [0.1, 0.15) is 23.0 Å². The summed E-state index contributed by atoms with van der Waals surface area (Å²) in [6, 6.07) is 4.33. The van der Waals surface area contributed by atoms with Crippen LogP contribution in [0.15, 0.2) is 22.6 Å². The van der Waals surface area contributed by atoms with Gasteiger partial charge in [0.15, 0.2) is 5.82 Å². The third-order valence-electron chi connectivity index (χ3n) is 3.19. The molecular weight excluding hydrogens is 248 g/mol. The second kappa shape index (κ2) is 5.03. The SMILES string of the molecule is Cc1cc(C(C)Nc2c(F)ccc(C)c2F)c(C)o1. The highest BCUT2D eigenvalue weighted by Crippen LogP contribution is 2.28. The number of halogens is 2. The van der Waals surface area contributed by atoms with E-state index in [4.69, 9.17) is 4.42 Å². The van der Waals surface area contributed by atoms with Crippen molar-refractivity contribution in [2.75, 3.05) is 5.32 Å². The number of furan rings is 1. The molecule has 2 aromatic rings. The van der Waals surface area contributed by atoms with Crippen molar-refractivity contribution >= 4 is 5.69 Å². The van der Waals surface area contributed by atoms with Crippen LogP contribution in [-0.4, -0.2) is 0 Å². The Bertz CT molecular complexity index is 604. The molecule has 0 amide bonds. The Hall–Kier alpha value is -1.84. The number of aryl methyl sites for hydroxylation is 3. The van der Waals surface area contributed by atoms with Crippen LogP contribution in [0.5, 0.6) is 0 Å². The first kappa shape index (κ1) is 13.6. The maximum Gasteiger partial charge on any atom is 0.152 e. The minimum atomic E-state index is -0.590. The van der Waals surface area contributed by atoms with E-state index in [1.165, 1.54) is 12.1 Å². The minimum Gasteiger partial charge on any atom is -0.466 e. The van der Waals surface area contributed by atoms with Crippen LogP contribution in [0.4, 0.5) is 14.5 Å². The molecule has 102 valence electrons. The van der Waals surface area contributed by atoms with E-state index >= 15 is 0 Å². The number of nitrogens with one attached hydrogen (secondary N) is 1. The summed E-state index contributed by atoms with van der Waals surface area (Å²) in [6.07, 6.45) is 0. The predicted molar refractivity (Wildman–Crippen MR) is 71.3 cm³/mol. The van der Waals surface area contributed by atoms with Gasteiger partial charge >= 0.3 is 0 Å². The second-order valence-electron chi connectivity index (χ2n) is 4.79. The molecule has 1 heterocycles. The third-order valence-corrected chi connectivity index (χ3v) is 3.19. The molecule has 0 spiro atoms. The smallest absolute Gasteiger partial charge is 0.152 e. The lowest BCUT2D eigenvalue weighted by Gasteiger charge is -2.16. The fourth-order valence-corrected chi connectivity index (χ4v) is 2.16. The van der Waals surface area contributed by atoms with Crippen LogP contribution >= 0.6 is 0 Å². The highest BCUT2D eigenvalue weighted by molar-refractivity contribution is 5.50. The van der Waals surface area contributed by atoms with E-state index in [-0.39, 0.29) is 11.7 Å². The summed E-state index contributed by atoms with van der Waals surface area (Å²) >= 11 is 0. The Morgan fingerprint density at radius 2 is 1.84 bits per heavy atom. The van der Waals surface area contributed by atoms with Crippen LogP contribution in [0.25, 0.3) is 0 Å². The molecule has 0 bridgehead atoms. The van der Waals surface area contributed by atoms with Crippen molar-refractivity contribution in [3.05, 3.63) is 52.5 Å². The first-order valence-corrected chi connectivity index (χ1v) is 6.18. The van der Waals surface area contributed by atoms with Crippen LogP contribution in [0, 0.1) is 32.4 Å². The van der Waals surface area contributed by atoms with Crippen LogP contribution < -0.4 is 5.32 Å². The first-order valence-electron chi connectivity index (χ1n) is 6.18. The second-order valence-corrected chi connectivity index (χ2v) is 4.79. The standard InChI is InChI=1S/C15H17F2NO/c1-8-5-6-13(16)15(14(8)17)18-10(3)12-7-9(2)19-11(12)4/h5-7,10,18H,1-4H3. The summed E-state index contributed by atoms with van der Waals surface area (Å²) in [5.41, 5.74) is 1.22. The number of hydrogen-bond acceptors (Lipinski definition) is 2. The molecular formula is C15H17F2NO. The number of hydrogen-bond donors (Lipinski definition) is 1. The molecule has 0 saturated heterocycles. The third kappa shape index (κ3) is 2.62. The Morgan fingerprint density at radius 1 is 1.16 bits per heavy atom. The van der Waals surface area contributed by atoms with Crippen molar-refractivity contribution in [2.24, 2.45) is 0 Å². The molecule has 0 fully saturated rings. The van der Waals surface area contributed by atoms with Gasteiger partial charge in [-0.2, -0.15) is 0 Å². The van der Waals surface area contributed by atoms with Crippen molar-refractivity contribution in [2.45, 2.75) is 33.7 Å². The first-order chi connectivity index (χ1) is 8.90. The van der Waals surface area contributed by atoms with Crippen LogP contribution in [0.2, 0.25) is 0 Å². The van der Waals surface area contributed by atoms with Gasteiger partial charge in [-0.05, 0) is 45.4 Å². The molecule has 1 aromatic heterocycles. The molecule has 0 radical (unpaired) electrons. The van der Waals surface area contributed by atoms with Crippen LogP contribution in [0.1, 0.15) is 35.6 Å². The summed E-state index contributed by atoms with van der Waals surface area (Å²) in [6.45, 7) is 7.14. The molecule has 19 heavy (non-hydrogen) atoms. The molecule has 1 atom stereocenters. The summed E-state index contributed by atoms with van der Waals surface area (Å²) in [5.74, 6) is 0.398. The molecule has 4 heteroatoms. The number of benzene rings is 1. The molecule has 0 aliphatic rings. The van der Waals surface area contributed by atoms with E-state index in [1.54, 1.807) is 6.92 Å². The van der Waals surface area contributed by atoms with Crippen molar-refractivity contribution < 1.29 is 13.2 Å². The van der Waals surface area contributed by atoms with Gasteiger partial charge in [-0.25, -0.2) is 8.78 Å². The molecule has 1 unspecified atom stereocenters. The van der Waals surface area contributed by atoms with Crippen molar-refractivity contribution in [1.82, 2.24) is 0 Å². The normalized spacial score (nSPS) is 12.5. The van der Waals surface area contributed by atoms with E-state index in [2.05, 4.69) is 5.32 Å². The molecule has 2 rings (SSSR count). The van der Waals surface area contributed by atoms with E-state index in [9.17, 15) is 8.78 Å². The van der Waals surface area contributed by atoms with Crippen molar-refractivity contribution in [3.8, 4) is 0 Å². The van der Waals surface area contributed by atoms with Gasteiger partial charge in [0.2, 0.25) is 0 Å². The van der Waals surface area contributed by atoms with Crippen molar-refractivity contribution in [1.29, 1.82) is 0 Å². The van der Waals surface area contributed by atoms with Gasteiger partial charge in [-0.1, -0.05) is 6.07 Å². The summed E-state index contributed by atoms with van der Waals surface area (Å²) < 4.78 is 33.0. The monoisotopic (exact) mass is 265 g/mol. The lowest BCUT2D eigenvalue weighted by Crippen LogP contribution is -2.10. The Morgan fingerprint density at radius 3 is 2.42 bits per heavy atom. The summed E-state index contributed by atoms with van der Waals surface area (Å²) in [7, 11) is 0. The number of anilines is 1. The maximum absolute atomic E-state index is 13.9. The summed E-state index contributed by atoms with van der Waals surface area (Å²) in [5, 5.41) is 2.88. The predicted octanol–water partition coefficient (Wildman–Crippen LogP) is 4.66. The largest absolute Gasteiger partial charge is 0.466 e. The Balaban J connectivity index is 2.31. The molecule has 0 saturated carbocycles. The Labute approximate surface area is 111 Å². The van der Waals surface area contributed by atoms with E-state index in [0.717, 1.165) is 17.1 Å². The van der Waals surface area contributed by atoms with Gasteiger partial charge in [-0.15, -0.1) is 0 Å².